The van der Waals surface area contributed by atoms with E-state index in [0.717, 1.165) is 29.5 Å². The van der Waals surface area contributed by atoms with Crippen LogP contribution in [0.5, 0.6) is 0 Å². The number of rotatable bonds is 7. The van der Waals surface area contributed by atoms with Gasteiger partial charge in [0.05, 0.1) is 11.0 Å². The Morgan fingerprint density at radius 2 is 1.12 bits per heavy atom. The van der Waals surface area contributed by atoms with Crippen molar-refractivity contribution in [3.8, 4) is 22.3 Å². The van der Waals surface area contributed by atoms with Crippen LogP contribution in [0, 0.1) is 0 Å². The molecule has 0 fully saturated rings. The van der Waals surface area contributed by atoms with Gasteiger partial charge in [-0.25, -0.2) is 4.79 Å². The quantitative estimate of drug-likeness (QED) is 0.146. The van der Waals surface area contributed by atoms with Gasteiger partial charge in [0, 0.05) is 0 Å². The zero-order chi connectivity index (χ0) is 48.8. The molecule has 3 aliphatic rings. The molecule has 67 heavy (non-hydrogen) atoms. The van der Waals surface area contributed by atoms with Crippen LogP contribution in [0.4, 0.5) is 0 Å². The average Bonchev–Trinajstić information content (AvgIpc) is 3.69. The second kappa shape index (κ2) is 27.2. The van der Waals surface area contributed by atoms with Gasteiger partial charge < -0.3 is 0 Å². The molecule has 0 heterocycles. The molecule has 0 aliphatic heterocycles. The molecule has 2 atom stereocenters. The SMILES string of the molecule is C=C(C)C1=CC=C(c2ccccc2)CC1.CC.CC.CC.CC(C)c1ccc2c(c1)C1(C(=C=O)/C=C\C=C/c3ccccc31)c1ccccc1-2.CCCC(C)c1ccc(-c2ccccc2)cc1. The lowest BCUT2D eigenvalue weighted by Crippen LogP contribution is -2.30. The molecule has 0 radical (unpaired) electrons. The summed E-state index contributed by atoms with van der Waals surface area (Å²) in [6.45, 7) is 27.0. The summed E-state index contributed by atoms with van der Waals surface area (Å²) in [5, 5.41) is 0. The Kier molecular flexibility index (Phi) is 21.5. The van der Waals surface area contributed by atoms with Crippen molar-refractivity contribution in [3.63, 3.8) is 0 Å². The van der Waals surface area contributed by atoms with Gasteiger partial charge in [0.15, 0.2) is 0 Å². The molecule has 0 N–H and O–H groups in total. The molecule has 9 rings (SSSR count). The van der Waals surface area contributed by atoms with E-state index < -0.39 is 5.41 Å². The first-order valence-corrected chi connectivity index (χ1v) is 25.0. The third-order valence-corrected chi connectivity index (χ3v) is 12.4. The fraction of sp³-hybridized carbons (Fsp3) is 0.273. The highest BCUT2D eigenvalue weighted by Gasteiger charge is 2.48. The minimum atomic E-state index is -0.656. The topological polar surface area (TPSA) is 17.1 Å². The number of hydrogen-bond donors (Lipinski definition) is 0. The molecule has 2 unspecified atom stereocenters. The number of benzene rings is 6. The highest BCUT2D eigenvalue weighted by atomic mass is 16.1. The zero-order valence-electron chi connectivity index (χ0n) is 42.5. The molecule has 0 saturated carbocycles. The Balaban J connectivity index is 0.000000222. The van der Waals surface area contributed by atoms with Crippen LogP contribution in [-0.2, 0) is 10.2 Å². The van der Waals surface area contributed by atoms with Crippen molar-refractivity contribution in [3.05, 3.63) is 244 Å². The molecule has 1 heteroatoms. The fourth-order valence-corrected chi connectivity index (χ4v) is 9.03. The summed E-state index contributed by atoms with van der Waals surface area (Å²) < 4.78 is 0. The fourth-order valence-electron chi connectivity index (χ4n) is 9.03. The lowest BCUT2D eigenvalue weighted by Gasteiger charge is -2.34. The van der Waals surface area contributed by atoms with Gasteiger partial charge in [-0.2, -0.15) is 0 Å². The normalized spacial score (nSPS) is 16.0. The molecule has 1 nitrogen and oxygen atoms in total. The Bertz CT molecular complexity index is 2640. The van der Waals surface area contributed by atoms with E-state index in [1.165, 1.54) is 74.1 Å². The molecule has 0 saturated heterocycles. The van der Waals surface area contributed by atoms with Crippen molar-refractivity contribution in [2.24, 2.45) is 0 Å². The van der Waals surface area contributed by atoms with E-state index in [9.17, 15) is 4.79 Å². The minimum Gasteiger partial charge on any atom is -0.233 e. The van der Waals surface area contributed by atoms with Crippen LogP contribution in [0.15, 0.2) is 205 Å². The first-order chi connectivity index (χ1) is 32.8. The van der Waals surface area contributed by atoms with Crippen molar-refractivity contribution in [1.29, 1.82) is 0 Å². The van der Waals surface area contributed by atoms with E-state index in [2.05, 4.69) is 217 Å². The predicted molar refractivity (Wildman–Crippen MR) is 295 cm³/mol. The Morgan fingerprint density at radius 1 is 0.582 bits per heavy atom. The maximum Gasteiger partial charge on any atom is 0.129 e. The van der Waals surface area contributed by atoms with Crippen molar-refractivity contribution < 1.29 is 4.79 Å². The third-order valence-electron chi connectivity index (χ3n) is 12.4. The lowest BCUT2D eigenvalue weighted by molar-refractivity contribution is 0.564. The van der Waals surface area contributed by atoms with E-state index in [4.69, 9.17) is 0 Å². The maximum absolute atomic E-state index is 12.4. The molecular weight excluding hydrogens is 809 g/mol. The predicted octanol–water partition coefficient (Wildman–Crippen LogP) is 19.2. The monoisotopic (exact) mass is 885 g/mol. The van der Waals surface area contributed by atoms with E-state index in [1.807, 2.05) is 59.8 Å². The first-order valence-electron chi connectivity index (χ1n) is 25.0. The molecule has 3 aliphatic carbocycles. The Hall–Kier alpha value is -6.53. The van der Waals surface area contributed by atoms with Gasteiger partial charge in [-0.3, -0.25) is 0 Å². The van der Waals surface area contributed by atoms with Crippen LogP contribution in [0.25, 0.3) is 33.9 Å². The molecule has 0 bridgehead atoms. The van der Waals surface area contributed by atoms with Crippen LogP contribution in [-0.4, -0.2) is 5.94 Å². The first kappa shape index (κ1) is 53.1. The summed E-state index contributed by atoms with van der Waals surface area (Å²) >= 11 is 0. The molecule has 1 spiro atoms. The van der Waals surface area contributed by atoms with Crippen molar-refractivity contribution in [2.45, 2.75) is 119 Å². The highest BCUT2D eigenvalue weighted by Crippen LogP contribution is 2.57. The number of hydrogen-bond acceptors (Lipinski definition) is 1. The molecule has 6 aromatic carbocycles. The Morgan fingerprint density at radius 3 is 1.70 bits per heavy atom. The zero-order valence-corrected chi connectivity index (χ0v) is 42.5. The molecule has 0 amide bonds. The van der Waals surface area contributed by atoms with Gasteiger partial charge >= 0.3 is 0 Å². The Labute approximate surface area is 406 Å². The summed E-state index contributed by atoms with van der Waals surface area (Å²) in [6, 6.07) is 53.7. The van der Waals surface area contributed by atoms with Crippen LogP contribution >= 0.6 is 0 Å². The molecule has 6 aromatic rings. The van der Waals surface area contributed by atoms with E-state index in [0.29, 0.717) is 17.4 Å². The molecule has 346 valence electrons. The van der Waals surface area contributed by atoms with Gasteiger partial charge in [-0.15, -0.1) is 0 Å². The van der Waals surface area contributed by atoms with E-state index in [-0.39, 0.29) is 0 Å². The minimum absolute atomic E-state index is 0.406. The van der Waals surface area contributed by atoms with Crippen molar-refractivity contribution in [1.82, 2.24) is 0 Å². The number of allylic oxidation sites excluding steroid dienone is 9. The second-order valence-corrected chi connectivity index (χ2v) is 16.8. The standard InChI is InChI=1S/C28H22O.C17H20.C15H16.3C2H6/c1-19(2)21-15-16-24-23-12-6-8-14-26(23)28(27(24)17-21)22(18-29)11-5-3-9-20-10-4-7-13-25(20)28;1-3-7-14(2)15-10-12-17(13-11-15)16-8-5-4-6-9-16;1-12(2)13-8-10-15(11-9-13)14-6-4-3-5-7-14;3*1-2/h3-17,19H,1-2H3;4-6,8-14H,3,7H2,1-2H3;3-8,10H,1,9,11H2,2H3;3*1-2H3/b9-3-,11-5-;;;;;. The molecule has 0 aromatic heterocycles. The number of carbonyl (C=O) groups excluding carboxylic acids is 1. The second-order valence-electron chi connectivity index (χ2n) is 16.8. The maximum atomic E-state index is 12.4. The molecular formula is C66H76O. The third kappa shape index (κ3) is 12.7. The number of fused-ring (bicyclic) bond motifs is 7. The van der Waals surface area contributed by atoms with Gasteiger partial charge in [-0.1, -0.05) is 270 Å². The van der Waals surface area contributed by atoms with Gasteiger partial charge in [0.1, 0.15) is 5.94 Å². The van der Waals surface area contributed by atoms with Gasteiger partial charge in [-0.05, 0) is 116 Å². The van der Waals surface area contributed by atoms with E-state index in [1.54, 1.807) is 0 Å². The summed E-state index contributed by atoms with van der Waals surface area (Å²) in [6.07, 6.45) is 17.2. The lowest BCUT2D eigenvalue weighted by atomic mass is 9.65. The van der Waals surface area contributed by atoms with Crippen molar-refractivity contribution in [2.75, 3.05) is 0 Å². The highest BCUT2D eigenvalue weighted by molar-refractivity contribution is 5.91. The average molecular weight is 885 g/mol. The van der Waals surface area contributed by atoms with Crippen LogP contribution in [0.2, 0.25) is 0 Å². The van der Waals surface area contributed by atoms with Crippen molar-refractivity contribution >= 4 is 17.6 Å². The van der Waals surface area contributed by atoms with Gasteiger partial charge in [0.2, 0.25) is 0 Å². The van der Waals surface area contributed by atoms with Crippen LogP contribution in [0.3, 0.4) is 0 Å². The largest absolute Gasteiger partial charge is 0.233 e. The van der Waals surface area contributed by atoms with E-state index >= 15 is 0 Å². The summed E-state index contributed by atoms with van der Waals surface area (Å²) in [5.74, 6) is 3.40. The summed E-state index contributed by atoms with van der Waals surface area (Å²) in [7, 11) is 0. The summed E-state index contributed by atoms with van der Waals surface area (Å²) in [4.78, 5) is 12.4. The smallest absolute Gasteiger partial charge is 0.129 e. The summed E-state index contributed by atoms with van der Waals surface area (Å²) in [5.41, 5.74) is 17.7. The van der Waals surface area contributed by atoms with Crippen LogP contribution in [0.1, 0.15) is 153 Å². The van der Waals surface area contributed by atoms with Gasteiger partial charge in [0.25, 0.3) is 0 Å². The van der Waals surface area contributed by atoms with Crippen LogP contribution < -0.4 is 0 Å².